The van der Waals surface area contributed by atoms with Crippen molar-refractivity contribution in [2.45, 2.75) is 51.7 Å². The molecule has 2 N–H and O–H groups in total. The third-order valence-electron chi connectivity index (χ3n) is 4.66. The molecular formula is C22H29F3N2O2. The summed E-state index contributed by atoms with van der Waals surface area (Å²) in [7, 11) is 1.50. The van der Waals surface area contributed by atoms with E-state index in [1.807, 2.05) is 32.0 Å². The Bertz CT molecular complexity index is 739. The first kappa shape index (κ1) is 23.0. The van der Waals surface area contributed by atoms with E-state index in [2.05, 4.69) is 27.5 Å². The van der Waals surface area contributed by atoms with E-state index in [0.717, 1.165) is 19.4 Å². The van der Waals surface area contributed by atoms with Crippen molar-refractivity contribution in [3.8, 4) is 11.5 Å². The molecule has 0 spiro atoms. The second-order valence-electron chi connectivity index (χ2n) is 6.49. The fraction of sp³-hybridized carbons (Fsp3) is 0.455. The number of nitrogens with one attached hydrogen (secondary N) is 2. The molecule has 7 heteroatoms. The Kier molecular flexibility index (Phi) is 8.79. The lowest BCUT2D eigenvalue weighted by Gasteiger charge is -2.34. The smallest absolute Gasteiger partial charge is 0.496 e. The molecule has 2 aromatic carbocycles. The molecule has 1 aliphatic rings. The molecule has 0 radical (unpaired) electrons. The second kappa shape index (κ2) is 11.1. The summed E-state index contributed by atoms with van der Waals surface area (Å²) in [6.45, 7) is 5.32. The maximum Gasteiger partial charge on any atom is 0.573 e. The Morgan fingerprint density at radius 2 is 1.83 bits per heavy atom. The van der Waals surface area contributed by atoms with Gasteiger partial charge in [0.2, 0.25) is 0 Å². The van der Waals surface area contributed by atoms with Gasteiger partial charge < -0.3 is 20.1 Å². The molecule has 3 rings (SSSR count). The van der Waals surface area contributed by atoms with E-state index in [9.17, 15) is 13.2 Å². The van der Waals surface area contributed by atoms with Crippen molar-refractivity contribution in [1.82, 2.24) is 10.6 Å². The molecule has 29 heavy (non-hydrogen) atoms. The van der Waals surface area contributed by atoms with E-state index in [1.165, 1.54) is 30.9 Å². The zero-order valence-electron chi connectivity index (χ0n) is 17.1. The van der Waals surface area contributed by atoms with Gasteiger partial charge in [0.05, 0.1) is 7.11 Å². The van der Waals surface area contributed by atoms with Crippen LogP contribution in [0.15, 0.2) is 48.5 Å². The van der Waals surface area contributed by atoms with Gasteiger partial charge in [-0.2, -0.15) is 0 Å². The van der Waals surface area contributed by atoms with Gasteiger partial charge in [-0.1, -0.05) is 44.2 Å². The first-order valence-electron chi connectivity index (χ1n) is 9.90. The van der Waals surface area contributed by atoms with Crippen LogP contribution in [0.2, 0.25) is 0 Å². The zero-order valence-corrected chi connectivity index (χ0v) is 17.1. The van der Waals surface area contributed by atoms with Crippen molar-refractivity contribution in [1.29, 1.82) is 0 Å². The number of ether oxygens (including phenoxy) is 2. The van der Waals surface area contributed by atoms with E-state index in [-0.39, 0.29) is 17.8 Å². The van der Waals surface area contributed by atoms with Gasteiger partial charge in [-0.3, -0.25) is 0 Å². The maximum absolute atomic E-state index is 12.5. The van der Waals surface area contributed by atoms with Crippen LogP contribution in [0.4, 0.5) is 13.2 Å². The first-order chi connectivity index (χ1) is 14.0. The average Bonchev–Trinajstić information content (AvgIpc) is 2.73. The molecular weight excluding hydrogens is 381 g/mol. The molecule has 1 aliphatic heterocycles. The van der Waals surface area contributed by atoms with E-state index >= 15 is 0 Å². The second-order valence-corrected chi connectivity index (χ2v) is 6.49. The normalized spacial score (nSPS) is 19.1. The van der Waals surface area contributed by atoms with Crippen LogP contribution in [0.5, 0.6) is 11.5 Å². The summed E-state index contributed by atoms with van der Waals surface area (Å²) < 4.78 is 46.8. The molecule has 1 heterocycles. The minimum atomic E-state index is -4.72. The van der Waals surface area contributed by atoms with E-state index in [1.54, 1.807) is 0 Å². The minimum absolute atomic E-state index is 0.153. The molecule has 2 atom stereocenters. The Balaban J connectivity index is 0.00000145. The largest absolute Gasteiger partial charge is 0.573 e. The summed E-state index contributed by atoms with van der Waals surface area (Å²) in [6.07, 6.45) is -2.70. The van der Waals surface area contributed by atoms with Crippen LogP contribution in [0, 0.1) is 0 Å². The Labute approximate surface area is 170 Å². The van der Waals surface area contributed by atoms with Crippen molar-refractivity contribution in [3.05, 3.63) is 59.7 Å². The number of halogens is 3. The highest BCUT2D eigenvalue weighted by molar-refractivity contribution is 5.40. The van der Waals surface area contributed by atoms with Crippen LogP contribution in [-0.2, 0) is 6.54 Å². The fourth-order valence-electron chi connectivity index (χ4n) is 3.45. The van der Waals surface area contributed by atoms with Gasteiger partial charge in [-0.25, -0.2) is 0 Å². The summed E-state index contributed by atoms with van der Waals surface area (Å²) in [5.74, 6) is 0.276. The van der Waals surface area contributed by atoms with E-state index < -0.39 is 6.36 Å². The predicted octanol–water partition coefficient (Wildman–Crippen LogP) is 5.20. The van der Waals surface area contributed by atoms with Gasteiger partial charge in [0.15, 0.2) is 0 Å². The van der Waals surface area contributed by atoms with Crippen LogP contribution in [0.25, 0.3) is 0 Å². The Morgan fingerprint density at radius 1 is 1.10 bits per heavy atom. The van der Waals surface area contributed by atoms with Crippen molar-refractivity contribution in [2.24, 2.45) is 0 Å². The van der Waals surface area contributed by atoms with Crippen molar-refractivity contribution in [2.75, 3.05) is 13.7 Å². The standard InChI is InChI=1S/C20H23F3N2O2.C2H6/c1-26-18-10-9-16(27-20(21,22)23)12-15(18)13-25-17-8-5-11-24-19(17)14-6-3-2-4-7-14;1-2/h2-4,6-7,9-10,12,17,19,24-25H,5,8,11,13H2,1H3;1-2H3. The summed E-state index contributed by atoms with van der Waals surface area (Å²) in [5, 5.41) is 7.00. The number of alkyl halides is 3. The van der Waals surface area contributed by atoms with Crippen LogP contribution >= 0.6 is 0 Å². The summed E-state index contributed by atoms with van der Waals surface area (Å²) in [4.78, 5) is 0. The number of hydrogen-bond donors (Lipinski definition) is 2. The van der Waals surface area contributed by atoms with Crippen LogP contribution in [0.3, 0.4) is 0 Å². The first-order valence-corrected chi connectivity index (χ1v) is 9.90. The molecule has 1 saturated heterocycles. The molecule has 4 nitrogen and oxygen atoms in total. The minimum Gasteiger partial charge on any atom is -0.496 e. The van der Waals surface area contributed by atoms with Crippen LogP contribution in [-0.4, -0.2) is 26.1 Å². The third-order valence-corrected chi connectivity index (χ3v) is 4.66. The Morgan fingerprint density at radius 3 is 2.48 bits per heavy atom. The van der Waals surface area contributed by atoms with Crippen LogP contribution < -0.4 is 20.1 Å². The van der Waals surface area contributed by atoms with Gasteiger partial charge in [-0.05, 0) is 43.1 Å². The number of piperidine rings is 1. The lowest BCUT2D eigenvalue weighted by Crippen LogP contribution is -2.45. The monoisotopic (exact) mass is 410 g/mol. The lowest BCUT2D eigenvalue weighted by molar-refractivity contribution is -0.274. The highest BCUT2D eigenvalue weighted by Crippen LogP contribution is 2.29. The van der Waals surface area contributed by atoms with E-state index in [0.29, 0.717) is 17.9 Å². The van der Waals surface area contributed by atoms with E-state index in [4.69, 9.17) is 4.74 Å². The summed E-state index contributed by atoms with van der Waals surface area (Å²) in [5.41, 5.74) is 1.81. The molecule has 0 bridgehead atoms. The summed E-state index contributed by atoms with van der Waals surface area (Å²) in [6, 6.07) is 14.6. The summed E-state index contributed by atoms with van der Waals surface area (Å²) >= 11 is 0. The van der Waals surface area contributed by atoms with Gasteiger partial charge in [0.25, 0.3) is 0 Å². The topological polar surface area (TPSA) is 42.5 Å². The number of hydrogen-bond acceptors (Lipinski definition) is 4. The van der Waals surface area contributed by atoms with Crippen molar-refractivity contribution < 1.29 is 22.6 Å². The fourth-order valence-corrected chi connectivity index (χ4v) is 3.45. The quantitative estimate of drug-likeness (QED) is 0.687. The molecule has 160 valence electrons. The lowest BCUT2D eigenvalue weighted by atomic mass is 9.92. The van der Waals surface area contributed by atoms with Crippen molar-refractivity contribution in [3.63, 3.8) is 0 Å². The Hall–Kier alpha value is -2.25. The molecule has 0 aromatic heterocycles. The maximum atomic E-state index is 12.5. The number of rotatable bonds is 6. The molecule has 0 amide bonds. The third kappa shape index (κ3) is 6.94. The number of benzene rings is 2. The molecule has 0 aliphatic carbocycles. The zero-order chi connectivity index (χ0) is 21.3. The van der Waals surface area contributed by atoms with Gasteiger partial charge in [0.1, 0.15) is 11.5 Å². The highest BCUT2D eigenvalue weighted by Gasteiger charge is 2.31. The number of methoxy groups -OCH3 is 1. The molecule has 2 aromatic rings. The predicted molar refractivity (Wildman–Crippen MR) is 108 cm³/mol. The SMILES string of the molecule is CC.COc1ccc(OC(F)(F)F)cc1CNC1CCCNC1c1ccccc1. The highest BCUT2D eigenvalue weighted by atomic mass is 19.4. The van der Waals surface area contributed by atoms with Crippen LogP contribution in [0.1, 0.15) is 43.9 Å². The average molecular weight is 410 g/mol. The van der Waals surface area contributed by atoms with Gasteiger partial charge >= 0.3 is 6.36 Å². The molecule has 0 saturated carbocycles. The van der Waals surface area contributed by atoms with Gasteiger partial charge in [-0.15, -0.1) is 13.2 Å². The van der Waals surface area contributed by atoms with Gasteiger partial charge in [0, 0.05) is 24.2 Å². The molecule has 1 fully saturated rings. The van der Waals surface area contributed by atoms with Crippen molar-refractivity contribution >= 4 is 0 Å². The molecule has 2 unspecified atom stereocenters.